The van der Waals surface area contributed by atoms with E-state index in [2.05, 4.69) is 11.0 Å². The Morgan fingerprint density at radius 3 is 1.69 bits per heavy atom. The van der Waals surface area contributed by atoms with E-state index in [-0.39, 0.29) is 24.3 Å². The molecule has 16 heavy (non-hydrogen) atoms. The monoisotopic (exact) mass is 228 g/mol. The van der Waals surface area contributed by atoms with Gasteiger partial charge in [-0.2, -0.15) is 11.0 Å². The number of nitrogens with one attached hydrogen (secondary N) is 2. The normalized spacial score (nSPS) is 55.5. The molecule has 6 nitrogen and oxygen atoms in total. The third-order valence-electron chi connectivity index (χ3n) is 4.09. The first kappa shape index (κ1) is 9.76. The first-order valence-corrected chi connectivity index (χ1v) is 5.91. The quantitative estimate of drug-likeness (QED) is 0.589. The highest BCUT2D eigenvalue weighted by molar-refractivity contribution is 5.02. The largest absolute Gasteiger partial charge is 0.373 e. The Kier molecular flexibility index (Phi) is 2.21. The molecule has 0 aromatic carbocycles. The molecule has 0 saturated carbocycles. The van der Waals surface area contributed by atoms with E-state index in [0.29, 0.717) is 11.8 Å². The molecule has 0 spiro atoms. The first-order valence-electron chi connectivity index (χ1n) is 5.91. The molecule has 0 amide bonds. The zero-order chi connectivity index (χ0) is 10.5. The van der Waals surface area contributed by atoms with Gasteiger partial charge in [-0.05, 0) is 0 Å². The molecule has 6 heteroatoms. The predicted molar refractivity (Wildman–Crippen MR) is 52.2 cm³/mol. The summed E-state index contributed by atoms with van der Waals surface area (Å²) in [4.78, 5) is 10.6. The SMILES string of the molecule is C1ON[C@H]2[C@@H]1CO[C@@H]2[C@H]1OC[C@@H]2CON[C@@H]21. The van der Waals surface area contributed by atoms with Gasteiger partial charge in [0.1, 0.15) is 12.2 Å². The van der Waals surface area contributed by atoms with E-state index >= 15 is 0 Å². The van der Waals surface area contributed by atoms with Gasteiger partial charge in [-0.15, -0.1) is 0 Å². The minimum absolute atomic E-state index is 0.0803. The van der Waals surface area contributed by atoms with Crippen molar-refractivity contribution in [1.29, 1.82) is 0 Å². The lowest BCUT2D eigenvalue weighted by molar-refractivity contribution is -0.0741. The van der Waals surface area contributed by atoms with E-state index in [1.807, 2.05) is 0 Å². The van der Waals surface area contributed by atoms with E-state index in [1.165, 1.54) is 0 Å². The van der Waals surface area contributed by atoms with Crippen LogP contribution in [0.2, 0.25) is 0 Å². The van der Waals surface area contributed by atoms with Crippen LogP contribution in [-0.2, 0) is 19.1 Å². The van der Waals surface area contributed by atoms with Crippen molar-refractivity contribution in [3.8, 4) is 0 Å². The second kappa shape index (κ2) is 3.63. The summed E-state index contributed by atoms with van der Waals surface area (Å²) in [6, 6.07) is 0.539. The van der Waals surface area contributed by atoms with Gasteiger partial charge in [0.15, 0.2) is 0 Å². The Morgan fingerprint density at radius 1 is 0.688 bits per heavy atom. The molecule has 4 fully saturated rings. The van der Waals surface area contributed by atoms with Crippen molar-refractivity contribution in [3.05, 3.63) is 0 Å². The van der Waals surface area contributed by atoms with Crippen LogP contribution in [0, 0.1) is 11.8 Å². The Hall–Kier alpha value is -0.240. The summed E-state index contributed by atoms with van der Waals surface area (Å²) in [5.74, 6) is 0.935. The van der Waals surface area contributed by atoms with Crippen LogP contribution >= 0.6 is 0 Å². The summed E-state index contributed by atoms with van der Waals surface area (Å²) in [7, 11) is 0. The molecule has 4 aliphatic rings. The molecule has 6 atom stereocenters. The Balaban J connectivity index is 1.53. The maximum absolute atomic E-state index is 5.85. The standard InChI is InChI=1S/C10H16N2O4/c1-5-3-15-11-7(5)9(13-1)10-8-6(2-14-10)4-16-12-8/h5-12H,1-4H2/t5-,6-,7+,8+,9+,10+/m1/s1. The van der Waals surface area contributed by atoms with Crippen molar-refractivity contribution < 1.29 is 19.1 Å². The van der Waals surface area contributed by atoms with Crippen molar-refractivity contribution in [2.45, 2.75) is 24.3 Å². The molecule has 4 saturated heterocycles. The second-order valence-corrected chi connectivity index (χ2v) is 5.03. The van der Waals surface area contributed by atoms with Gasteiger partial charge in [-0.1, -0.05) is 0 Å². The molecular weight excluding hydrogens is 212 g/mol. The Morgan fingerprint density at radius 2 is 1.19 bits per heavy atom. The lowest BCUT2D eigenvalue weighted by Crippen LogP contribution is -2.49. The van der Waals surface area contributed by atoms with Crippen LogP contribution in [0.3, 0.4) is 0 Å². The van der Waals surface area contributed by atoms with Crippen LogP contribution in [0.4, 0.5) is 0 Å². The summed E-state index contributed by atoms with van der Waals surface area (Å²) >= 11 is 0. The Labute approximate surface area is 93.5 Å². The molecule has 0 bridgehead atoms. The Bertz CT molecular complexity index is 262. The average Bonchev–Trinajstić information content (AvgIpc) is 2.97. The van der Waals surface area contributed by atoms with E-state index < -0.39 is 0 Å². The fourth-order valence-electron chi connectivity index (χ4n) is 3.15. The fraction of sp³-hybridized carbons (Fsp3) is 1.00. The van der Waals surface area contributed by atoms with Gasteiger partial charge in [0.2, 0.25) is 0 Å². The van der Waals surface area contributed by atoms with Gasteiger partial charge < -0.3 is 19.1 Å². The summed E-state index contributed by atoms with van der Waals surface area (Å²) in [6.45, 7) is 3.01. The molecule has 0 radical (unpaired) electrons. The smallest absolute Gasteiger partial charge is 0.103 e. The van der Waals surface area contributed by atoms with Crippen LogP contribution in [0.15, 0.2) is 0 Å². The molecule has 4 aliphatic heterocycles. The lowest BCUT2D eigenvalue weighted by Gasteiger charge is -2.26. The summed E-state index contributed by atoms with van der Waals surface area (Å²) in [5.41, 5.74) is 6.10. The van der Waals surface area contributed by atoms with Gasteiger partial charge in [-0.3, -0.25) is 0 Å². The minimum atomic E-state index is 0.0803. The van der Waals surface area contributed by atoms with Crippen molar-refractivity contribution in [1.82, 2.24) is 11.0 Å². The summed E-state index contributed by atoms with van der Waals surface area (Å²) < 4.78 is 11.7. The maximum atomic E-state index is 5.85. The van der Waals surface area contributed by atoms with Crippen LogP contribution in [0.1, 0.15) is 0 Å². The lowest BCUT2D eigenvalue weighted by atomic mass is 9.92. The molecule has 0 aromatic heterocycles. The number of hydrogen-bond acceptors (Lipinski definition) is 6. The van der Waals surface area contributed by atoms with E-state index in [0.717, 1.165) is 26.4 Å². The van der Waals surface area contributed by atoms with Crippen molar-refractivity contribution >= 4 is 0 Å². The summed E-state index contributed by atoms with van der Waals surface area (Å²) in [5, 5.41) is 0. The molecule has 4 heterocycles. The van der Waals surface area contributed by atoms with Crippen LogP contribution < -0.4 is 11.0 Å². The molecule has 2 N–H and O–H groups in total. The first-order chi connectivity index (χ1) is 7.93. The average molecular weight is 228 g/mol. The third kappa shape index (κ3) is 1.28. The molecule has 0 aromatic rings. The van der Waals surface area contributed by atoms with Gasteiger partial charge in [-0.25, -0.2) is 0 Å². The van der Waals surface area contributed by atoms with E-state index in [1.54, 1.807) is 0 Å². The molecular formula is C10H16N2O4. The predicted octanol–water partition coefficient (Wildman–Crippen LogP) is -1.18. The minimum Gasteiger partial charge on any atom is -0.373 e. The van der Waals surface area contributed by atoms with Crippen LogP contribution in [-0.4, -0.2) is 50.7 Å². The zero-order valence-corrected chi connectivity index (χ0v) is 8.93. The third-order valence-corrected chi connectivity index (χ3v) is 4.09. The number of rotatable bonds is 1. The molecule has 90 valence electrons. The second-order valence-electron chi connectivity index (χ2n) is 5.03. The fourth-order valence-corrected chi connectivity index (χ4v) is 3.15. The van der Waals surface area contributed by atoms with E-state index in [4.69, 9.17) is 19.1 Å². The topological polar surface area (TPSA) is 61.0 Å². The van der Waals surface area contributed by atoms with Crippen LogP contribution in [0.25, 0.3) is 0 Å². The van der Waals surface area contributed by atoms with Crippen molar-refractivity contribution in [2.75, 3.05) is 26.4 Å². The number of hydroxylamine groups is 2. The highest BCUT2D eigenvalue weighted by Gasteiger charge is 2.53. The van der Waals surface area contributed by atoms with Gasteiger partial charge in [0.25, 0.3) is 0 Å². The molecule has 4 rings (SSSR count). The number of fused-ring (bicyclic) bond motifs is 2. The van der Waals surface area contributed by atoms with Crippen molar-refractivity contribution in [2.24, 2.45) is 11.8 Å². The highest BCUT2D eigenvalue weighted by Crippen LogP contribution is 2.35. The number of ether oxygens (including phenoxy) is 2. The van der Waals surface area contributed by atoms with Crippen molar-refractivity contribution in [3.63, 3.8) is 0 Å². The van der Waals surface area contributed by atoms with Gasteiger partial charge >= 0.3 is 0 Å². The van der Waals surface area contributed by atoms with Crippen LogP contribution in [0.5, 0.6) is 0 Å². The number of hydrogen-bond donors (Lipinski definition) is 2. The maximum Gasteiger partial charge on any atom is 0.103 e. The van der Waals surface area contributed by atoms with E-state index in [9.17, 15) is 0 Å². The van der Waals surface area contributed by atoms with Gasteiger partial charge in [0, 0.05) is 11.8 Å². The molecule has 0 unspecified atom stereocenters. The molecule has 0 aliphatic carbocycles. The summed E-state index contributed by atoms with van der Waals surface area (Å²) in [6.07, 6.45) is 0.161. The zero-order valence-electron chi connectivity index (χ0n) is 8.93. The highest BCUT2D eigenvalue weighted by atomic mass is 16.7. The van der Waals surface area contributed by atoms with Gasteiger partial charge in [0.05, 0.1) is 38.5 Å².